The van der Waals surface area contributed by atoms with Gasteiger partial charge >= 0.3 is 0 Å². The summed E-state index contributed by atoms with van der Waals surface area (Å²) in [5, 5.41) is 10.7. The van der Waals surface area contributed by atoms with Gasteiger partial charge in [0.05, 0.1) is 24.2 Å². The van der Waals surface area contributed by atoms with Crippen LogP contribution in [0.5, 0.6) is 11.5 Å². The molecule has 118 valence electrons. The molecule has 23 heavy (non-hydrogen) atoms. The highest BCUT2D eigenvalue weighted by atomic mass is 32.1. The zero-order valence-electron chi connectivity index (χ0n) is 13.0. The first-order valence-electron chi connectivity index (χ1n) is 7.51. The maximum atomic E-state index is 5.93. The van der Waals surface area contributed by atoms with Crippen LogP contribution in [0.1, 0.15) is 17.2 Å². The average Bonchev–Trinajstić information content (AvgIpc) is 3.22. The number of methoxy groups -OCH3 is 1. The molecule has 3 heterocycles. The molecule has 0 saturated heterocycles. The van der Waals surface area contributed by atoms with Crippen molar-refractivity contribution in [3.63, 3.8) is 0 Å². The Balaban J connectivity index is 1.61. The van der Waals surface area contributed by atoms with Crippen LogP contribution in [-0.4, -0.2) is 28.7 Å². The number of para-hydroxylation sites is 1. The quantitative estimate of drug-likeness (QED) is 0.739. The topological polar surface area (TPSA) is 49.2 Å². The number of aromatic nitrogens is 3. The van der Waals surface area contributed by atoms with E-state index >= 15 is 0 Å². The van der Waals surface area contributed by atoms with Gasteiger partial charge in [-0.15, -0.1) is 16.4 Å². The molecule has 0 bridgehead atoms. The summed E-state index contributed by atoms with van der Waals surface area (Å²) in [6.45, 7) is 2.66. The number of rotatable bonds is 3. The molecule has 0 saturated carbocycles. The maximum Gasteiger partial charge on any atom is 0.164 e. The van der Waals surface area contributed by atoms with Crippen molar-refractivity contribution in [2.45, 2.75) is 19.4 Å². The monoisotopic (exact) mass is 327 g/mol. The van der Waals surface area contributed by atoms with Crippen molar-refractivity contribution in [3.8, 4) is 22.1 Å². The van der Waals surface area contributed by atoms with E-state index in [4.69, 9.17) is 9.47 Å². The molecule has 0 radical (unpaired) electrons. The molecule has 3 aromatic rings. The number of nitrogens with zero attached hydrogens (tertiary/aromatic N) is 3. The Labute approximate surface area is 138 Å². The number of benzene rings is 1. The van der Waals surface area contributed by atoms with Crippen molar-refractivity contribution >= 4 is 11.3 Å². The van der Waals surface area contributed by atoms with E-state index in [0.717, 1.165) is 29.2 Å². The van der Waals surface area contributed by atoms with Gasteiger partial charge < -0.3 is 9.47 Å². The van der Waals surface area contributed by atoms with E-state index in [2.05, 4.69) is 34.7 Å². The molecule has 5 nitrogen and oxygen atoms in total. The number of hydrogen-bond acceptors (Lipinski definition) is 5. The Hall–Kier alpha value is -2.34. The largest absolute Gasteiger partial charge is 0.493 e. The van der Waals surface area contributed by atoms with Crippen molar-refractivity contribution in [3.05, 3.63) is 47.0 Å². The van der Waals surface area contributed by atoms with Crippen molar-refractivity contribution in [1.82, 2.24) is 15.0 Å². The van der Waals surface area contributed by atoms with Gasteiger partial charge in [0.25, 0.3) is 0 Å². The summed E-state index contributed by atoms with van der Waals surface area (Å²) in [5.41, 5.74) is 3.30. The summed E-state index contributed by atoms with van der Waals surface area (Å²) in [6, 6.07) is 8.24. The molecule has 1 aliphatic rings. The van der Waals surface area contributed by atoms with Gasteiger partial charge in [0.2, 0.25) is 0 Å². The fourth-order valence-electron chi connectivity index (χ4n) is 2.90. The number of hydrogen-bond donors (Lipinski definition) is 0. The third kappa shape index (κ3) is 2.49. The lowest BCUT2D eigenvalue weighted by atomic mass is 10.0. The van der Waals surface area contributed by atoms with E-state index in [-0.39, 0.29) is 6.04 Å². The van der Waals surface area contributed by atoms with E-state index in [0.29, 0.717) is 6.61 Å². The first-order chi connectivity index (χ1) is 11.3. The van der Waals surface area contributed by atoms with E-state index in [9.17, 15) is 0 Å². The number of aryl methyl sites for hydroxylation is 1. The second-order valence-electron chi connectivity index (χ2n) is 5.63. The van der Waals surface area contributed by atoms with Gasteiger partial charge in [-0.2, -0.15) is 0 Å². The SMILES string of the molecule is COc1cccc2c1OC[C@H](n1cc(-c3sccc3C)nn1)C2. The maximum absolute atomic E-state index is 5.93. The minimum atomic E-state index is 0.149. The highest BCUT2D eigenvalue weighted by molar-refractivity contribution is 7.13. The Morgan fingerprint density at radius 1 is 1.35 bits per heavy atom. The standard InChI is InChI=1S/C17H17N3O2S/c1-11-6-7-23-17(11)14-9-20(19-18-14)13-8-12-4-3-5-15(21-2)16(12)22-10-13/h3-7,9,13H,8,10H2,1-2H3/t13-/m1/s1. The van der Waals surface area contributed by atoms with Gasteiger partial charge in [0.15, 0.2) is 11.5 Å². The van der Waals surface area contributed by atoms with Crippen molar-refractivity contribution in [1.29, 1.82) is 0 Å². The minimum Gasteiger partial charge on any atom is -0.493 e. The second-order valence-corrected chi connectivity index (χ2v) is 6.55. The molecular weight excluding hydrogens is 310 g/mol. The van der Waals surface area contributed by atoms with Gasteiger partial charge in [-0.3, -0.25) is 0 Å². The second kappa shape index (κ2) is 5.70. The Kier molecular flexibility index (Phi) is 3.53. The lowest BCUT2D eigenvalue weighted by molar-refractivity contribution is 0.203. The van der Waals surface area contributed by atoms with Crippen molar-refractivity contribution in [2.24, 2.45) is 0 Å². The van der Waals surface area contributed by atoms with E-state index in [1.165, 1.54) is 10.4 Å². The first-order valence-corrected chi connectivity index (χ1v) is 8.39. The van der Waals surface area contributed by atoms with Crippen molar-refractivity contribution in [2.75, 3.05) is 13.7 Å². The van der Waals surface area contributed by atoms with Crippen LogP contribution in [0.2, 0.25) is 0 Å². The normalized spacial score (nSPS) is 16.7. The van der Waals surface area contributed by atoms with Gasteiger partial charge in [0, 0.05) is 12.0 Å². The molecule has 0 N–H and O–H groups in total. The molecule has 0 unspecified atom stereocenters. The lowest BCUT2D eigenvalue weighted by Crippen LogP contribution is -2.25. The highest BCUT2D eigenvalue weighted by Gasteiger charge is 2.25. The van der Waals surface area contributed by atoms with Crippen LogP contribution in [0, 0.1) is 6.92 Å². The molecular formula is C17H17N3O2S. The van der Waals surface area contributed by atoms with Crippen LogP contribution in [0.4, 0.5) is 0 Å². The molecule has 0 amide bonds. The summed E-state index contributed by atoms with van der Waals surface area (Å²) in [4.78, 5) is 1.18. The van der Waals surface area contributed by atoms with Crippen molar-refractivity contribution < 1.29 is 9.47 Å². The summed E-state index contributed by atoms with van der Waals surface area (Å²) >= 11 is 1.69. The molecule has 1 aliphatic heterocycles. The first kappa shape index (κ1) is 14.3. The molecule has 6 heteroatoms. The van der Waals surface area contributed by atoms with Crippen LogP contribution in [-0.2, 0) is 6.42 Å². The summed E-state index contributed by atoms with van der Waals surface area (Å²) in [6.07, 6.45) is 2.87. The van der Waals surface area contributed by atoms with Crippen LogP contribution in [0.25, 0.3) is 10.6 Å². The fraction of sp³-hybridized carbons (Fsp3) is 0.294. The predicted molar refractivity (Wildman–Crippen MR) is 89.3 cm³/mol. The van der Waals surface area contributed by atoms with Gasteiger partial charge in [-0.1, -0.05) is 17.3 Å². The summed E-state index contributed by atoms with van der Waals surface area (Å²) in [7, 11) is 1.66. The number of thiophene rings is 1. The van der Waals surface area contributed by atoms with Crippen LogP contribution in [0.15, 0.2) is 35.8 Å². The summed E-state index contributed by atoms with van der Waals surface area (Å²) < 4.78 is 13.2. The third-order valence-electron chi connectivity index (χ3n) is 4.14. The molecule has 0 aliphatic carbocycles. The fourth-order valence-corrected chi connectivity index (χ4v) is 3.78. The third-order valence-corrected chi connectivity index (χ3v) is 5.17. The zero-order chi connectivity index (χ0) is 15.8. The van der Waals surface area contributed by atoms with Gasteiger partial charge in [0.1, 0.15) is 12.3 Å². The highest BCUT2D eigenvalue weighted by Crippen LogP contribution is 2.37. The smallest absolute Gasteiger partial charge is 0.164 e. The van der Waals surface area contributed by atoms with Gasteiger partial charge in [-0.25, -0.2) is 4.68 Å². The number of ether oxygens (including phenoxy) is 2. The zero-order valence-corrected chi connectivity index (χ0v) is 13.8. The molecule has 4 rings (SSSR count). The molecule has 1 aromatic carbocycles. The minimum absolute atomic E-state index is 0.149. The summed E-state index contributed by atoms with van der Waals surface area (Å²) in [5.74, 6) is 1.63. The predicted octanol–water partition coefficient (Wildman–Crippen LogP) is 3.50. The van der Waals surface area contributed by atoms with Crippen LogP contribution >= 0.6 is 11.3 Å². The molecule has 0 fully saturated rings. The van der Waals surface area contributed by atoms with Crippen LogP contribution in [0.3, 0.4) is 0 Å². The molecule has 1 atom stereocenters. The van der Waals surface area contributed by atoms with Crippen LogP contribution < -0.4 is 9.47 Å². The Bertz CT molecular complexity index is 840. The molecule has 2 aromatic heterocycles. The average molecular weight is 327 g/mol. The molecule has 0 spiro atoms. The Morgan fingerprint density at radius 3 is 3.04 bits per heavy atom. The Morgan fingerprint density at radius 2 is 2.26 bits per heavy atom. The number of fused-ring (bicyclic) bond motifs is 1. The lowest BCUT2D eigenvalue weighted by Gasteiger charge is -2.26. The van der Waals surface area contributed by atoms with Gasteiger partial charge in [-0.05, 0) is 30.0 Å². The van der Waals surface area contributed by atoms with E-state index in [1.807, 2.05) is 23.0 Å². The van der Waals surface area contributed by atoms with E-state index in [1.54, 1.807) is 18.4 Å². The van der Waals surface area contributed by atoms with E-state index < -0.39 is 0 Å².